The van der Waals surface area contributed by atoms with Crippen LogP contribution in [0.3, 0.4) is 0 Å². The lowest BCUT2D eigenvalue weighted by Gasteiger charge is -2.01. The van der Waals surface area contributed by atoms with Gasteiger partial charge in [-0.05, 0) is 35.9 Å². The summed E-state index contributed by atoms with van der Waals surface area (Å²) in [4.78, 5) is 23.0. The Balaban J connectivity index is 2.05. The average molecular weight is 278 g/mol. The number of carbonyl (C=O) groups excluding carboxylic acids is 2. The lowest BCUT2D eigenvalue weighted by molar-refractivity contribution is -0.128. The monoisotopic (exact) mass is 278 g/mol. The summed E-state index contributed by atoms with van der Waals surface area (Å²) in [7, 11) is 0. The molecule has 0 aliphatic rings. The normalized spacial score (nSPS) is 10.3. The van der Waals surface area contributed by atoms with E-state index in [0.29, 0.717) is 11.3 Å². The molecule has 0 amide bonds. The van der Waals surface area contributed by atoms with E-state index in [1.165, 1.54) is 6.08 Å². The van der Waals surface area contributed by atoms with Gasteiger partial charge in [-0.25, -0.2) is 4.79 Å². The zero-order valence-corrected chi connectivity index (χ0v) is 11.4. The molecule has 0 heterocycles. The Morgan fingerprint density at radius 1 is 0.952 bits per heavy atom. The predicted octanol–water partition coefficient (Wildman–Crippen LogP) is 3.67. The highest BCUT2D eigenvalue weighted by molar-refractivity contribution is 6.06. The van der Waals surface area contributed by atoms with Crippen LogP contribution in [0.1, 0.15) is 15.9 Å². The van der Waals surface area contributed by atoms with Crippen molar-refractivity contribution in [3.63, 3.8) is 0 Å². The second-order valence-electron chi connectivity index (χ2n) is 4.26. The molecule has 21 heavy (non-hydrogen) atoms. The lowest BCUT2D eigenvalue weighted by atomic mass is 10.1. The van der Waals surface area contributed by atoms with Crippen LogP contribution in [0, 0.1) is 0 Å². The number of benzene rings is 2. The Hall–Kier alpha value is -2.94. The van der Waals surface area contributed by atoms with E-state index < -0.39 is 5.97 Å². The van der Waals surface area contributed by atoms with Crippen molar-refractivity contribution in [3.05, 3.63) is 84.5 Å². The quantitative estimate of drug-likeness (QED) is 0.363. The molecule has 0 radical (unpaired) electrons. The number of hydrogen-bond acceptors (Lipinski definition) is 3. The fourth-order valence-electron chi connectivity index (χ4n) is 1.68. The maximum atomic E-state index is 12.0. The number of hydrogen-bond donors (Lipinski definition) is 0. The number of ketones is 1. The topological polar surface area (TPSA) is 43.4 Å². The van der Waals surface area contributed by atoms with Crippen molar-refractivity contribution in [2.45, 2.75) is 0 Å². The number of esters is 1. The Kier molecular flexibility index (Phi) is 4.83. The molecular formula is C18H14O3. The molecule has 3 heteroatoms. The highest BCUT2D eigenvalue weighted by Crippen LogP contribution is 2.14. The van der Waals surface area contributed by atoms with Gasteiger partial charge in [0.1, 0.15) is 5.75 Å². The molecule has 0 saturated carbocycles. The van der Waals surface area contributed by atoms with Crippen LogP contribution < -0.4 is 4.74 Å². The van der Waals surface area contributed by atoms with Crippen LogP contribution in [-0.4, -0.2) is 11.8 Å². The molecule has 3 nitrogen and oxygen atoms in total. The summed E-state index contributed by atoms with van der Waals surface area (Å²) in [6, 6.07) is 16.0. The molecule has 2 aromatic rings. The highest BCUT2D eigenvalue weighted by Gasteiger charge is 2.04. The molecular weight excluding hydrogens is 264 g/mol. The van der Waals surface area contributed by atoms with Crippen LogP contribution in [0.2, 0.25) is 0 Å². The summed E-state index contributed by atoms with van der Waals surface area (Å²) in [6.45, 7) is 3.32. The van der Waals surface area contributed by atoms with Gasteiger partial charge in [-0.3, -0.25) is 4.79 Å². The Labute approximate surface area is 123 Å². The van der Waals surface area contributed by atoms with E-state index in [2.05, 4.69) is 6.58 Å². The fourth-order valence-corrected chi connectivity index (χ4v) is 1.68. The number of carbonyl (C=O) groups is 2. The molecule has 0 aromatic heterocycles. The van der Waals surface area contributed by atoms with Crippen LogP contribution in [0.5, 0.6) is 5.75 Å². The van der Waals surface area contributed by atoms with Crippen LogP contribution in [-0.2, 0) is 4.79 Å². The van der Waals surface area contributed by atoms with Crippen LogP contribution in [0.25, 0.3) is 6.08 Å². The van der Waals surface area contributed by atoms with Crippen molar-refractivity contribution in [1.29, 1.82) is 0 Å². The van der Waals surface area contributed by atoms with E-state index in [1.807, 2.05) is 30.3 Å². The SMILES string of the molecule is C=CC(=O)Oc1ccc(C(=O)/C=C/c2ccccc2)cc1. The van der Waals surface area contributed by atoms with Gasteiger partial charge in [0.2, 0.25) is 0 Å². The summed E-state index contributed by atoms with van der Waals surface area (Å²) >= 11 is 0. The Morgan fingerprint density at radius 2 is 1.62 bits per heavy atom. The van der Waals surface area contributed by atoms with E-state index in [-0.39, 0.29) is 5.78 Å². The zero-order valence-electron chi connectivity index (χ0n) is 11.4. The molecule has 0 aliphatic carbocycles. The third-order valence-corrected chi connectivity index (χ3v) is 2.75. The predicted molar refractivity (Wildman–Crippen MR) is 82.1 cm³/mol. The molecule has 0 atom stereocenters. The standard InChI is InChI=1S/C18H14O3/c1-2-18(20)21-16-11-9-15(10-12-16)17(19)13-8-14-6-4-3-5-7-14/h2-13H,1H2/b13-8+. The van der Waals surface area contributed by atoms with Crippen molar-refractivity contribution in [2.24, 2.45) is 0 Å². The van der Waals surface area contributed by atoms with Crippen molar-refractivity contribution >= 4 is 17.8 Å². The first-order chi connectivity index (χ1) is 10.2. The minimum absolute atomic E-state index is 0.111. The summed E-state index contributed by atoms with van der Waals surface area (Å²) in [5.41, 5.74) is 1.49. The molecule has 0 unspecified atom stereocenters. The number of allylic oxidation sites excluding steroid dienone is 1. The molecule has 0 saturated heterocycles. The van der Waals surface area contributed by atoms with Gasteiger partial charge in [0.05, 0.1) is 0 Å². The smallest absolute Gasteiger partial charge is 0.335 e. The number of rotatable bonds is 5. The van der Waals surface area contributed by atoms with Gasteiger partial charge in [-0.1, -0.05) is 43.0 Å². The third-order valence-electron chi connectivity index (χ3n) is 2.75. The molecule has 0 fully saturated rings. The molecule has 2 rings (SSSR count). The van der Waals surface area contributed by atoms with Crippen molar-refractivity contribution in [3.8, 4) is 5.75 Å². The van der Waals surface area contributed by atoms with Crippen LogP contribution >= 0.6 is 0 Å². The maximum absolute atomic E-state index is 12.0. The molecule has 0 aliphatic heterocycles. The Morgan fingerprint density at radius 3 is 2.24 bits per heavy atom. The summed E-state index contributed by atoms with van der Waals surface area (Å²) in [6.07, 6.45) is 4.36. The fraction of sp³-hybridized carbons (Fsp3) is 0. The second kappa shape index (κ2) is 7.01. The molecule has 0 bridgehead atoms. The summed E-state index contributed by atoms with van der Waals surface area (Å²) in [5, 5.41) is 0. The minimum Gasteiger partial charge on any atom is -0.423 e. The van der Waals surface area contributed by atoms with E-state index in [0.717, 1.165) is 11.6 Å². The summed E-state index contributed by atoms with van der Waals surface area (Å²) < 4.78 is 4.94. The second-order valence-corrected chi connectivity index (χ2v) is 4.26. The molecule has 104 valence electrons. The van der Waals surface area contributed by atoms with E-state index in [4.69, 9.17) is 4.74 Å². The van der Waals surface area contributed by atoms with Crippen molar-refractivity contribution < 1.29 is 14.3 Å². The first-order valence-corrected chi connectivity index (χ1v) is 6.41. The van der Waals surface area contributed by atoms with Gasteiger partial charge in [0, 0.05) is 11.6 Å². The van der Waals surface area contributed by atoms with Crippen LogP contribution in [0.4, 0.5) is 0 Å². The highest BCUT2D eigenvalue weighted by atomic mass is 16.5. The third kappa shape index (κ3) is 4.28. The lowest BCUT2D eigenvalue weighted by Crippen LogP contribution is -2.03. The van der Waals surface area contributed by atoms with E-state index >= 15 is 0 Å². The van der Waals surface area contributed by atoms with E-state index in [9.17, 15) is 9.59 Å². The summed E-state index contributed by atoms with van der Waals surface area (Å²) in [5.74, 6) is -0.262. The van der Waals surface area contributed by atoms with Gasteiger partial charge in [-0.2, -0.15) is 0 Å². The average Bonchev–Trinajstić information content (AvgIpc) is 2.54. The molecule has 0 spiro atoms. The maximum Gasteiger partial charge on any atom is 0.335 e. The first-order valence-electron chi connectivity index (χ1n) is 6.41. The van der Waals surface area contributed by atoms with Gasteiger partial charge in [0.15, 0.2) is 5.78 Å². The number of ether oxygens (including phenoxy) is 1. The largest absolute Gasteiger partial charge is 0.423 e. The van der Waals surface area contributed by atoms with Crippen molar-refractivity contribution in [1.82, 2.24) is 0 Å². The van der Waals surface area contributed by atoms with Gasteiger partial charge < -0.3 is 4.74 Å². The Bertz CT molecular complexity index is 667. The first kappa shape index (κ1) is 14.5. The molecule has 0 N–H and O–H groups in total. The minimum atomic E-state index is -0.530. The zero-order chi connectivity index (χ0) is 15.1. The van der Waals surface area contributed by atoms with E-state index in [1.54, 1.807) is 30.3 Å². The van der Waals surface area contributed by atoms with Gasteiger partial charge in [-0.15, -0.1) is 0 Å². The van der Waals surface area contributed by atoms with Crippen LogP contribution in [0.15, 0.2) is 73.3 Å². The van der Waals surface area contributed by atoms with Gasteiger partial charge in [0.25, 0.3) is 0 Å². The van der Waals surface area contributed by atoms with Crippen molar-refractivity contribution in [2.75, 3.05) is 0 Å². The molecule has 2 aromatic carbocycles. The van der Waals surface area contributed by atoms with Gasteiger partial charge >= 0.3 is 5.97 Å².